The van der Waals surface area contributed by atoms with Crippen molar-refractivity contribution in [3.05, 3.63) is 29.8 Å². The van der Waals surface area contributed by atoms with Crippen LogP contribution in [0, 0.1) is 5.92 Å². The van der Waals surface area contributed by atoms with Crippen LogP contribution >= 0.6 is 0 Å². The van der Waals surface area contributed by atoms with E-state index in [-0.39, 0.29) is 12.3 Å². The fourth-order valence-electron chi connectivity index (χ4n) is 2.37. The number of nitrogens with one attached hydrogen (secondary N) is 1. The van der Waals surface area contributed by atoms with Gasteiger partial charge in [-0.25, -0.2) is 0 Å². The van der Waals surface area contributed by atoms with Gasteiger partial charge in [0.25, 0.3) is 0 Å². The molecule has 1 aliphatic rings. The molecule has 0 saturated carbocycles. The Kier molecular flexibility index (Phi) is 5.12. The average molecular weight is 277 g/mol. The summed E-state index contributed by atoms with van der Waals surface area (Å²) in [6, 6.07) is 7.01. The summed E-state index contributed by atoms with van der Waals surface area (Å²) in [5.41, 5.74) is 1.22. The highest BCUT2D eigenvalue weighted by molar-refractivity contribution is 5.92. The highest BCUT2D eigenvalue weighted by atomic mass is 16.5. The van der Waals surface area contributed by atoms with E-state index in [0.717, 1.165) is 12.8 Å². The third-order valence-corrected chi connectivity index (χ3v) is 3.45. The number of carbonyl (C=O) groups excluding carboxylic acids is 1. The van der Waals surface area contributed by atoms with Crippen LogP contribution in [0.15, 0.2) is 24.3 Å². The van der Waals surface area contributed by atoms with Gasteiger partial charge in [0.05, 0.1) is 6.42 Å². The second-order valence-electron chi connectivity index (χ2n) is 5.04. The van der Waals surface area contributed by atoms with Crippen LogP contribution in [-0.2, 0) is 20.7 Å². The molecule has 5 nitrogen and oxygen atoms in total. The Balaban J connectivity index is 1.94. The van der Waals surface area contributed by atoms with Crippen molar-refractivity contribution in [1.29, 1.82) is 0 Å². The standard InChI is InChI=1S/C15H19NO4/c17-14(9-11-5-7-20-8-6-11)16-13-4-2-1-3-12(13)10-15(18)19/h1-4,11H,5-10H2,(H,16,17)(H,18,19). The molecular formula is C15H19NO4. The van der Waals surface area contributed by atoms with Gasteiger partial charge in [-0.3, -0.25) is 9.59 Å². The predicted molar refractivity (Wildman–Crippen MR) is 74.6 cm³/mol. The number of anilines is 1. The number of carbonyl (C=O) groups is 2. The molecule has 0 unspecified atom stereocenters. The zero-order valence-corrected chi connectivity index (χ0v) is 11.3. The second-order valence-corrected chi connectivity index (χ2v) is 5.04. The number of hydrogen-bond donors (Lipinski definition) is 2. The predicted octanol–water partition coefficient (Wildman–Crippen LogP) is 2.07. The summed E-state index contributed by atoms with van der Waals surface area (Å²) < 4.78 is 5.27. The molecule has 1 aromatic carbocycles. The number of para-hydroxylation sites is 1. The summed E-state index contributed by atoms with van der Waals surface area (Å²) in [4.78, 5) is 22.8. The molecule has 0 aliphatic carbocycles. The van der Waals surface area contributed by atoms with Gasteiger partial charge in [-0.2, -0.15) is 0 Å². The molecule has 108 valence electrons. The SMILES string of the molecule is O=C(O)Cc1ccccc1NC(=O)CC1CCOCC1. The highest BCUT2D eigenvalue weighted by Crippen LogP contribution is 2.21. The average Bonchev–Trinajstić information content (AvgIpc) is 2.41. The summed E-state index contributed by atoms with van der Waals surface area (Å²) in [5.74, 6) is -0.610. The van der Waals surface area contributed by atoms with Crippen molar-refractivity contribution in [2.45, 2.75) is 25.7 Å². The van der Waals surface area contributed by atoms with Crippen LogP contribution in [0.5, 0.6) is 0 Å². The molecule has 1 fully saturated rings. The summed E-state index contributed by atoms with van der Waals surface area (Å²) >= 11 is 0. The Morgan fingerprint density at radius 1 is 1.25 bits per heavy atom. The van der Waals surface area contributed by atoms with Crippen LogP contribution in [0.1, 0.15) is 24.8 Å². The van der Waals surface area contributed by atoms with Crippen molar-refractivity contribution >= 4 is 17.6 Å². The molecule has 0 radical (unpaired) electrons. The first kappa shape index (κ1) is 14.5. The normalized spacial score (nSPS) is 15.8. The van der Waals surface area contributed by atoms with Crippen molar-refractivity contribution in [3.8, 4) is 0 Å². The number of amides is 1. The molecule has 0 bridgehead atoms. The maximum absolute atomic E-state index is 12.0. The molecule has 1 heterocycles. The first-order valence-electron chi connectivity index (χ1n) is 6.82. The molecule has 1 aromatic rings. The van der Waals surface area contributed by atoms with E-state index in [4.69, 9.17) is 9.84 Å². The topological polar surface area (TPSA) is 75.6 Å². The first-order valence-corrected chi connectivity index (χ1v) is 6.82. The van der Waals surface area contributed by atoms with Crippen molar-refractivity contribution in [2.75, 3.05) is 18.5 Å². The Bertz CT molecular complexity index is 481. The number of ether oxygens (including phenoxy) is 1. The molecular weight excluding hydrogens is 258 g/mol. The molecule has 0 spiro atoms. The van der Waals surface area contributed by atoms with Gasteiger partial charge in [0, 0.05) is 25.3 Å². The van der Waals surface area contributed by atoms with E-state index in [1.807, 2.05) is 0 Å². The van der Waals surface area contributed by atoms with Crippen molar-refractivity contribution < 1.29 is 19.4 Å². The molecule has 0 aromatic heterocycles. The van der Waals surface area contributed by atoms with Gasteiger partial charge in [-0.15, -0.1) is 0 Å². The highest BCUT2D eigenvalue weighted by Gasteiger charge is 2.18. The van der Waals surface area contributed by atoms with Gasteiger partial charge in [0.1, 0.15) is 0 Å². The van der Waals surface area contributed by atoms with Crippen LogP contribution < -0.4 is 5.32 Å². The third kappa shape index (κ3) is 4.35. The first-order chi connectivity index (χ1) is 9.65. The van der Waals surface area contributed by atoms with E-state index in [1.54, 1.807) is 24.3 Å². The zero-order valence-electron chi connectivity index (χ0n) is 11.3. The van der Waals surface area contributed by atoms with Gasteiger partial charge >= 0.3 is 5.97 Å². The Morgan fingerprint density at radius 2 is 1.95 bits per heavy atom. The van der Waals surface area contributed by atoms with Crippen LogP contribution in [-0.4, -0.2) is 30.2 Å². The van der Waals surface area contributed by atoms with Gasteiger partial charge in [0.2, 0.25) is 5.91 Å². The monoisotopic (exact) mass is 277 g/mol. The molecule has 20 heavy (non-hydrogen) atoms. The quantitative estimate of drug-likeness (QED) is 0.864. The number of rotatable bonds is 5. The van der Waals surface area contributed by atoms with Crippen LogP contribution in [0.4, 0.5) is 5.69 Å². The molecule has 1 aliphatic heterocycles. The van der Waals surface area contributed by atoms with E-state index < -0.39 is 5.97 Å². The zero-order chi connectivity index (χ0) is 14.4. The lowest BCUT2D eigenvalue weighted by Gasteiger charge is -2.21. The van der Waals surface area contributed by atoms with Crippen LogP contribution in [0.3, 0.4) is 0 Å². The lowest BCUT2D eigenvalue weighted by molar-refractivity contribution is -0.136. The number of carboxylic acids is 1. The fourth-order valence-corrected chi connectivity index (χ4v) is 2.37. The summed E-state index contributed by atoms with van der Waals surface area (Å²) in [7, 11) is 0. The summed E-state index contributed by atoms with van der Waals surface area (Å²) in [6.45, 7) is 1.43. The fraction of sp³-hybridized carbons (Fsp3) is 0.467. The molecule has 1 amide bonds. The minimum absolute atomic E-state index is 0.0604. The second kappa shape index (κ2) is 7.05. The smallest absolute Gasteiger partial charge is 0.307 e. The van der Waals surface area contributed by atoms with Crippen LogP contribution in [0.2, 0.25) is 0 Å². The summed E-state index contributed by atoms with van der Waals surface area (Å²) in [5, 5.41) is 11.7. The summed E-state index contributed by atoms with van der Waals surface area (Å²) in [6.07, 6.45) is 2.19. The minimum Gasteiger partial charge on any atom is -0.481 e. The number of carboxylic acid groups (broad SMARTS) is 1. The molecule has 0 atom stereocenters. The largest absolute Gasteiger partial charge is 0.481 e. The van der Waals surface area contributed by atoms with Gasteiger partial charge < -0.3 is 15.2 Å². The lowest BCUT2D eigenvalue weighted by atomic mass is 9.96. The Hall–Kier alpha value is -1.88. The van der Waals surface area contributed by atoms with Crippen molar-refractivity contribution in [3.63, 3.8) is 0 Å². The Morgan fingerprint density at radius 3 is 2.65 bits per heavy atom. The Labute approximate surface area is 117 Å². The van der Waals surface area contributed by atoms with E-state index >= 15 is 0 Å². The van der Waals surface area contributed by atoms with Gasteiger partial charge in [0.15, 0.2) is 0 Å². The minimum atomic E-state index is -0.906. The molecule has 5 heteroatoms. The number of aliphatic carboxylic acids is 1. The van der Waals surface area contributed by atoms with Gasteiger partial charge in [-0.1, -0.05) is 18.2 Å². The van der Waals surface area contributed by atoms with Crippen LogP contribution in [0.25, 0.3) is 0 Å². The van der Waals surface area contributed by atoms with E-state index in [0.29, 0.717) is 36.8 Å². The molecule has 2 N–H and O–H groups in total. The van der Waals surface area contributed by atoms with Crippen molar-refractivity contribution in [1.82, 2.24) is 0 Å². The molecule has 2 rings (SSSR count). The third-order valence-electron chi connectivity index (χ3n) is 3.45. The number of hydrogen-bond acceptors (Lipinski definition) is 3. The van der Waals surface area contributed by atoms with E-state index in [2.05, 4.69) is 5.32 Å². The maximum Gasteiger partial charge on any atom is 0.307 e. The lowest BCUT2D eigenvalue weighted by Crippen LogP contribution is -2.22. The van der Waals surface area contributed by atoms with E-state index in [9.17, 15) is 9.59 Å². The number of benzene rings is 1. The van der Waals surface area contributed by atoms with Crippen molar-refractivity contribution in [2.24, 2.45) is 5.92 Å². The van der Waals surface area contributed by atoms with Gasteiger partial charge in [-0.05, 0) is 30.4 Å². The van der Waals surface area contributed by atoms with E-state index in [1.165, 1.54) is 0 Å². The molecule has 1 saturated heterocycles. The maximum atomic E-state index is 12.0.